The molecule has 0 saturated carbocycles. The predicted octanol–water partition coefficient (Wildman–Crippen LogP) is 4.37. The molecule has 2 N–H and O–H groups in total. The molecule has 0 aliphatic rings. The Kier molecular flexibility index (Phi) is 4.31. The van der Waals surface area contributed by atoms with E-state index >= 15 is 0 Å². The molecule has 2 nitrogen and oxygen atoms in total. The number of nitrogen functional groups attached to an aromatic ring is 1. The first kappa shape index (κ1) is 12.7. The first-order valence-electron chi connectivity index (χ1n) is 4.93. The summed E-state index contributed by atoms with van der Waals surface area (Å²) in [6.07, 6.45) is 1.65. The number of rotatable bonds is 3. The molecule has 0 radical (unpaired) electrons. The molecule has 0 atom stereocenters. The van der Waals surface area contributed by atoms with Crippen molar-refractivity contribution in [2.75, 3.05) is 5.73 Å². The molecule has 0 saturated heterocycles. The number of hydrogen-bond acceptors (Lipinski definition) is 3. The summed E-state index contributed by atoms with van der Waals surface area (Å²) in [5.41, 5.74) is 7.82. The summed E-state index contributed by atoms with van der Waals surface area (Å²) >= 11 is 10.8. The molecule has 0 fully saturated rings. The second-order valence-corrected chi connectivity index (χ2v) is 5.79. The molecular formula is C12H10BrClN2S. The second-order valence-electron chi connectivity index (χ2n) is 3.45. The molecule has 5 heteroatoms. The lowest BCUT2D eigenvalue weighted by atomic mass is 10.2. The third kappa shape index (κ3) is 3.63. The summed E-state index contributed by atoms with van der Waals surface area (Å²) in [5, 5.41) is 1.59. The van der Waals surface area contributed by atoms with E-state index in [0.717, 1.165) is 26.5 Å². The van der Waals surface area contributed by atoms with Crippen LogP contribution in [0.3, 0.4) is 0 Å². The molecule has 0 bridgehead atoms. The highest BCUT2D eigenvalue weighted by Crippen LogP contribution is 2.26. The third-order valence-electron chi connectivity index (χ3n) is 2.18. The summed E-state index contributed by atoms with van der Waals surface area (Å²) in [6, 6.07) is 9.65. The minimum absolute atomic E-state index is 0.650. The van der Waals surface area contributed by atoms with Gasteiger partial charge in [0.25, 0.3) is 0 Å². The van der Waals surface area contributed by atoms with E-state index in [-0.39, 0.29) is 0 Å². The third-order valence-corrected chi connectivity index (χ3v) is 3.89. The highest BCUT2D eigenvalue weighted by Gasteiger charge is 2.02. The van der Waals surface area contributed by atoms with E-state index in [4.69, 9.17) is 17.3 Å². The summed E-state index contributed by atoms with van der Waals surface area (Å²) in [5.74, 6) is 0.799. The van der Waals surface area contributed by atoms with Crippen LogP contribution in [0.25, 0.3) is 0 Å². The van der Waals surface area contributed by atoms with E-state index in [9.17, 15) is 0 Å². The molecule has 1 heterocycles. The van der Waals surface area contributed by atoms with Crippen molar-refractivity contribution in [1.29, 1.82) is 0 Å². The van der Waals surface area contributed by atoms with E-state index < -0.39 is 0 Å². The van der Waals surface area contributed by atoms with Gasteiger partial charge in [0.2, 0.25) is 0 Å². The number of nitrogens with two attached hydrogens (primary N) is 1. The highest BCUT2D eigenvalue weighted by atomic mass is 79.9. The van der Waals surface area contributed by atoms with Crippen LogP contribution in [0.15, 0.2) is 46.0 Å². The van der Waals surface area contributed by atoms with Crippen molar-refractivity contribution in [1.82, 2.24) is 4.98 Å². The number of halogens is 2. The van der Waals surface area contributed by atoms with Gasteiger partial charge in [-0.05, 0) is 29.8 Å². The Hall–Kier alpha value is -0.710. The van der Waals surface area contributed by atoms with Crippen molar-refractivity contribution in [3.8, 4) is 0 Å². The molecule has 2 aromatic rings. The Bertz CT molecular complexity index is 516. The van der Waals surface area contributed by atoms with Crippen LogP contribution in [0.5, 0.6) is 0 Å². The molecule has 0 aliphatic heterocycles. The molecule has 1 aromatic heterocycles. The zero-order chi connectivity index (χ0) is 12.3. The highest BCUT2D eigenvalue weighted by molar-refractivity contribution is 9.10. The number of anilines is 1. The van der Waals surface area contributed by atoms with Crippen LogP contribution < -0.4 is 5.73 Å². The van der Waals surface area contributed by atoms with E-state index in [1.54, 1.807) is 18.0 Å². The Morgan fingerprint density at radius 1 is 1.29 bits per heavy atom. The van der Waals surface area contributed by atoms with Crippen molar-refractivity contribution >= 4 is 45.0 Å². The minimum atomic E-state index is 0.650. The molecule has 17 heavy (non-hydrogen) atoms. The number of thioether (sulfide) groups is 1. The van der Waals surface area contributed by atoms with Gasteiger partial charge in [0, 0.05) is 22.1 Å². The van der Waals surface area contributed by atoms with Gasteiger partial charge >= 0.3 is 0 Å². The van der Waals surface area contributed by atoms with Crippen LogP contribution in [0, 0.1) is 0 Å². The van der Waals surface area contributed by atoms with Crippen LogP contribution in [0.1, 0.15) is 5.56 Å². The Morgan fingerprint density at radius 2 is 2.12 bits per heavy atom. The van der Waals surface area contributed by atoms with Gasteiger partial charge in [0.05, 0.1) is 10.0 Å². The van der Waals surface area contributed by atoms with Crippen LogP contribution in [0.2, 0.25) is 5.02 Å². The standard InChI is InChI=1S/C12H10BrClN2S/c13-9-2-1-8(11(15)5-9)7-17-12-4-3-10(14)6-16-12/h1-6H,7,15H2. The fourth-order valence-electron chi connectivity index (χ4n) is 1.30. The smallest absolute Gasteiger partial charge is 0.0964 e. The van der Waals surface area contributed by atoms with Gasteiger partial charge in [-0.25, -0.2) is 4.98 Å². The average Bonchev–Trinajstić information content (AvgIpc) is 2.30. The molecule has 0 aliphatic carbocycles. The number of nitrogens with zero attached hydrogens (tertiary/aromatic N) is 1. The number of hydrogen-bond donors (Lipinski definition) is 1. The lowest BCUT2D eigenvalue weighted by Crippen LogP contribution is -1.92. The molecular weight excluding hydrogens is 320 g/mol. The van der Waals surface area contributed by atoms with Gasteiger partial charge in [0.1, 0.15) is 0 Å². The first-order chi connectivity index (χ1) is 8.15. The Morgan fingerprint density at radius 3 is 2.76 bits per heavy atom. The normalized spacial score (nSPS) is 10.5. The van der Waals surface area contributed by atoms with Crippen molar-refractivity contribution in [2.24, 2.45) is 0 Å². The SMILES string of the molecule is Nc1cc(Br)ccc1CSc1ccc(Cl)cn1. The van der Waals surface area contributed by atoms with Crippen molar-refractivity contribution < 1.29 is 0 Å². The van der Waals surface area contributed by atoms with Crippen molar-refractivity contribution in [3.05, 3.63) is 51.6 Å². The van der Waals surface area contributed by atoms with E-state index in [1.807, 2.05) is 30.3 Å². The maximum Gasteiger partial charge on any atom is 0.0964 e. The second kappa shape index (κ2) is 5.76. The zero-order valence-corrected chi connectivity index (χ0v) is 12.0. The summed E-state index contributed by atoms with van der Waals surface area (Å²) in [6.45, 7) is 0. The fourth-order valence-corrected chi connectivity index (χ4v) is 2.64. The number of pyridine rings is 1. The maximum absolute atomic E-state index is 5.92. The van der Waals surface area contributed by atoms with Crippen LogP contribution in [-0.2, 0) is 5.75 Å². The predicted molar refractivity (Wildman–Crippen MR) is 77.4 cm³/mol. The van der Waals surface area contributed by atoms with E-state index in [1.165, 1.54) is 0 Å². The summed E-state index contributed by atoms with van der Waals surface area (Å²) in [4.78, 5) is 4.22. The van der Waals surface area contributed by atoms with Crippen LogP contribution >= 0.6 is 39.3 Å². The Labute approximate surface area is 118 Å². The Balaban J connectivity index is 2.04. The lowest BCUT2D eigenvalue weighted by Gasteiger charge is -2.05. The summed E-state index contributed by atoms with van der Waals surface area (Å²) < 4.78 is 0.994. The average molecular weight is 330 g/mol. The topological polar surface area (TPSA) is 38.9 Å². The molecule has 0 spiro atoms. The fraction of sp³-hybridized carbons (Fsp3) is 0.0833. The van der Waals surface area contributed by atoms with Gasteiger partial charge in [-0.2, -0.15) is 0 Å². The quantitative estimate of drug-likeness (QED) is 0.671. The number of aromatic nitrogens is 1. The molecule has 1 aromatic carbocycles. The van der Waals surface area contributed by atoms with Gasteiger partial charge in [0.15, 0.2) is 0 Å². The van der Waals surface area contributed by atoms with E-state index in [0.29, 0.717) is 5.02 Å². The van der Waals surface area contributed by atoms with E-state index in [2.05, 4.69) is 20.9 Å². The van der Waals surface area contributed by atoms with Gasteiger partial charge in [-0.1, -0.05) is 33.6 Å². The van der Waals surface area contributed by atoms with Crippen molar-refractivity contribution in [3.63, 3.8) is 0 Å². The monoisotopic (exact) mass is 328 g/mol. The van der Waals surface area contributed by atoms with Gasteiger partial charge < -0.3 is 5.73 Å². The molecule has 2 rings (SSSR count). The molecule has 0 amide bonds. The minimum Gasteiger partial charge on any atom is -0.398 e. The van der Waals surface area contributed by atoms with Gasteiger partial charge in [-0.3, -0.25) is 0 Å². The van der Waals surface area contributed by atoms with Crippen LogP contribution in [-0.4, -0.2) is 4.98 Å². The largest absolute Gasteiger partial charge is 0.398 e. The molecule has 88 valence electrons. The lowest BCUT2D eigenvalue weighted by molar-refractivity contribution is 1.13. The van der Waals surface area contributed by atoms with Gasteiger partial charge in [-0.15, -0.1) is 11.8 Å². The maximum atomic E-state index is 5.92. The first-order valence-corrected chi connectivity index (χ1v) is 7.09. The number of benzene rings is 1. The van der Waals surface area contributed by atoms with Crippen LogP contribution in [0.4, 0.5) is 5.69 Å². The summed E-state index contributed by atoms with van der Waals surface area (Å²) in [7, 11) is 0. The zero-order valence-electron chi connectivity index (χ0n) is 8.86. The molecule has 0 unspecified atom stereocenters. The van der Waals surface area contributed by atoms with Crippen molar-refractivity contribution in [2.45, 2.75) is 10.8 Å².